The van der Waals surface area contributed by atoms with E-state index in [0.29, 0.717) is 189 Å². The summed E-state index contributed by atoms with van der Waals surface area (Å²) in [6, 6.07) is 39.5. The van der Waals surface area contributed by atoms with Crippen LogP contribution in [0.4, 0.5) is 22.7 Å². The van der Waals surface area contributed by atoms with E-state index in [2.05, 4.69) is 54.7 Å². The lowest BCUT2D eigenvalue weighted by Gasteiger charge is -2.36. The lowest BCUT2D eigenvalue weighted by molar-refractivity contribution is -0.141. The van der Waals surface area contributed by atoms with Gasteiger partial charge in [-0.3, -0.25) is 126 Å². The first kappa shape index (κ1) is 113. The van der Waals surface area contributed by atoms with E-state index in [0.717, 1.165) is 22.3 Å². The monoisotopic (exact) mass is 1950 g/mol. The molecule has 42 nitrogen and oxygen atoms in total. The van der Waals surface area contributed by atoms with E-state index in [-0.39, 0.29) is 154 Å². The van der Waals surface area contributed by atoms with Crippen LogP contribution in [-0.2, 0) is 119 Å². The first-order valence-corrected chi connectivity index (χ1v) is 45.7. The summed E-state index contributed by atoms with van der Waals surface area (Å²) < 4.78 is 11.5. The van der Waals surface area contributed by atoms with E-state index in [1.807, 2.05) is 105 Å². The molecule has 748 valence electrons. The number of aliphatic carboxylic acids is 10. The molecule has 4 aromatic carbocycles. The number of pyridine rings is 2. The maximum atomic E-state index is 12.0. The van der Waals surface area contributed by atoms with Crippen LogP contribution in [0.1, 0.15) is 58.9 Å². The van der Waals surface area contributed by atoms with Gasteiger partial charge in [-0.25, -0.2) is 0 Å². The number of nitrogen functional groups attached to an aromatic ring is 2. The minimum Gasteiger partial charge on any atom is -0.480 e. The number of carbonyl (C=O) groups is 12. The van der Waals surface area contributed by atoms with Crippen molar-refractivity contribution in [1.29, 1.82) is 0 Å². The van der Waals surface area contributed by atoms with Gasteiger partial charge in [0, 0.05) is 166 Å². The van der Waals surface area contributed by atoms with E-state index in [1.165, 1.54) is 13.8 Å². The topological polar surface area (TPSA) is 567 Å². The molecule has 4 aliphatic heterocycles. The molecule has 0 radical (unpaired) electrons. The number of rotatable bonds is 34. The molecule has 6 heterocycles. The number of fused-ring (bicyclic) bond motifs is 4. The number of aromatic nitrogens is 2. The predicted molar refractivity (Wildman–Crippen MR) is 515 cm³/mol. The molecule has 6 aromatic rings. The maximum Gasteiger partial charge on any atom is 0.317 e. The van der Waals surface area contributed by atoms with Gasteiger partial charge < -0.3 is 72.0 Å². The summed E-state index contributed by atoms with van der Waals surface area (Å²) in [5.41, 5.74) is 20.8. The van der Waals surface area contributed by atoms with Crippen molar-refractivity contribution >= 4 is 129 Å². The highest BCUT2D eigenvalue weighted by Gasteiger charge is 2.33. The second kappa shape index (κ2) is 60.6. The van der Waals surface area contributed by atoms with Crippen LogP contribution in [0, 0.1) is 0 Å². The summed E-state index contributed by atoms with van der Waals surface area (Å²) in [6.07, 6.45) is 2.12. The largest absolute Gasteiger partial charge is 0.480 e. The zero-order chi connectivity index (χ0) is 101. The Bertz CT molecular complexity index is 5050. The molecule has 4 atom stereocenters. The summed E-state index contributed by atoms with van der Waals surface area (Å²) in [4.78, 5) is 178. The van der Waals surface area contributed by atoms with E-state index >= 15 is 0 Å². The number of benzene rings is 4. The number of isothiocyanates is 2. The zero-order valence-corrected chi connectivity index (χ0v) is 79.2. The third-order valence-corrected chi connectivity index (χ3v) is 22.9. The number of hydrogen-bond acceptors (Lipinski definition) is 34. The number of anilines is 2. The molecule has 138 heavy (non-hydrogen) atoms. The summed E-state index contributed by atoms with van der Waals surface area (Å²) >= 11 is 9.30. The summed E-state index contributed by atoms with van der Waals surface area (Å²) in [6.45, 7) is 10.1. The van der Waals surface area contributed by atoms with Crippen molar-refractivity contribution in [3.63, 3.8) is 0 Å². The minimum atomic E-state index is -1.02. The Morgan fingerprint density at radius 1 is 0.304 bits per heavy atom. The van der Waals surface area contributed by atoms with Crippen LogP contribution in [0.5, 0.6) is 0 Å². The lowest BCUT2D eigenvalue weighted by Crippen LogP contribution is -2.51. The van der Waals surface area contributed by atoms with Gasteiger partial charge in [0.2, 0.25) is 0 Å². The number of hydrogen-bond donors (Lipinski definition) is 12. The van der Waals surface area contributed by atoms with Gasteiger partial charge in [0.15, 0.2) is 0 Å². The quantitative estimate of drug-likeness (QED) is 0.0157. The molecular formula is C94H126N18O24S2. The second-order valence-electron chi connectivity index (χ2n) is 34.1. The van der Waals surface area contributed by atoms with E-state index in [9.17, 15) is 109 Å². The van der Waals surface area contributed by atoms with E-state index < -0.39 is 59.7 Å². The predicted octanol–water partition coefficient (Wildman–Crippen LogP) is 2.95. The summed E-state index contributed by atoms with van der Waals surface area (Å²) in [5, 5.41) is 99.0. The van der Waals surface area contributed by atoms with Crippen molar-refractivity contribution in [1.82, 2.24) is 68.8 Å². The molecular weight excluding hydrogens is 1830 g/mol. The number of carbonyl (C=O) groups excluding carboxylic acids is 2. The molecule has 4 bridgehead atoms. The Kier molecular flexibility index (Phi) is 49.5. The van der Waals surface area contributed by atoms with Crippen LogP contribution in [0.3, 0.4) is 0 Å². The number of ketones is 2. The van der Waals surface area contributed by atoms with Gasteiger partial charge in [-0.1, -0.05) is 60.7 Å². The molecule has 0 spiro atoms. The van der Waals surface area contributed by atoms with Gasteiger partial charge in [0.25, 0.3) is 0 Å². The molecule has 2 aromatic heterocycles. The van der Waals surface area contributed by atoms with Crippen molar-refractivity contribution in [3.8, 4) is 0 Å². The Balaban J connectivity index is 0.000000251. The number of carboxylic acids is 10. The smallest absolute Gasteiger partial charge is 0.317 e. The van der Waals surface area contributed by atoms with Gasteiger partial charge in [0.1, 0.15) is 11.6 Å². The van der Waals surface area contributed by atoms with Crippen LogP contribution in [0.15, 0.2) is 143 Å². The first-order chi connectivity index (χ1) is 65.9. The van der Waals surface area contributed by atoms with Crippen molar-refractivity contribution in [3.05, 3.63) is 178 Å². The van der Waals surface area contributed by atoms with Crippen LogP contribution >= 0.6 is 24.4 Å². The number of thiocarbonyl (C=S) groups is 2. The van der Waals surface area contributed by atoms with Gasteiger partial charge in [-0.2, -0.15) is 9.98 Å². The third kappa shape index (κ3) is 45.9. The molecule has 14 N–H and O–H groups in total. The zero-order valence-electron chi connectivity index (χ0n) is 77.6. The molecule has 2 saturated heterocycles. The first-order valence-electron chi connectivity index (χ1n) is 44.9. The number of nitrogens with two attached hydrogens (primary N) is 2. The highest BCUT2D eigenvalue weighted by Crippen LogP contribution is 2.24. The Hall–Kier alpha value is -12.1. The average molecular weight is 1960 g/mol. The molecule has 44 heteroatoms. The normalized spacial score (nSPS) is 18.9. The Labute approximate surface area is 810 Å². The molecule has 0 aliphatic carbocycles. The number of nitrogens with zero attached hydrogens (tertiary/aromatic N) is 16. The Morgan fingerprint density at radius 2 is 0.536 bits per heavy atom. The van der Waals surface area contributed by atoms with Crippen LogP contribution in [0.2, 0.25) is 0 Å². The molecule has 0 saturated carbocycles. The Morgan fingerprint density at radius 3 is 0.804 bits per heavy atom. The van der Waals surface area contributed by atoms with Gasteiger partial charge in [-0.05, 0) is 159 Å². The molecule has 10 rings (SSSR count). The fourth-order valence-corrected chi connectivity index (χ4v) is 16.7. The molecule has 0 amide bonds. The third-order valence-electron chi connectivity index (χ3n) is 22.7. The average Bonchev–Trinajstić information content (AvgIpc) is 0.840. The van der Waals surface area contributed by atoms with Crippen LogP contribution in [0.25, 0.3) is 0 Å². The van der Waals surface area contributed by atoms with Crippen molar-refractivity contribution < 1.29 is 118 Å². The number of aliphatic imine (C=N–C) groups is 2. The standard InChI is InChI=1S/C25H29N5O6S.C24H31N5O6.C23H32N4O6S.C22H34N4O6/c31-23(32)14-28-8-9-29(15-24(33)34)13-22(10-18-4-6-19(7-5-18)26-17-37)30(16-25(35)36)12-21-3-1-2-20(11-28)27-21;25-18-6-4-17(5-7-18)10-21-13-28(15-23(32)33)9-8-27(14-22(30)31)11-19-2-1-3-20(26-19)12-29(21)16-24(34)35;1-18(28)13-27-9-11-33-10-8-25(15-22(29)30)6-7-26(16-23(31)32)14-21(27)12-19-2-4-20(5-3-19)24-17-34;1-17(27)13-26-9-11-32-10-8-24(15-21(28)29)6-7-25(16-22(30)31)14-20(26)12-18-2-4-19(23)5-3-18/h1-7,22H,8-16H2,(H,31,32)(H,33,34)(H,35,36);1-7,21H,8-16,25H2,(H,30,31)(H,32,33)(H,34,35);2-5,21H,6-16H2,1H3,(H,29,30)(H,31,32);2-5,20H,6-16,23H2,1H3,(H,28,29)(H,30,31). The number of ether oxygens (including phenoxy) is 2. The van der Waals surface area contributed by atoms with Crippen molar-refractivity contribution in [2.45, 2.75) is 89.9 Å². The van der Waals surface area contributed by atoms with Crippen LogP contribution in [-0.4, -0.2) is 435 Å². The maximum absolute atomic E-state index is 12.0. The van der Waals surface area contributed by atoms with Gasteiger partial charge in [-0.15, -0.1) is 0 Å². The van der Waals surface area contributed by atoms with Crippen molar-refractivity contribution in [2.24, 2.45) is 9.98 Å². The van der Waals surface area contributed by atoms with Crippen LogP contribution < -0.4 is 11.5 Å². The molecule has 2 fully saturated rings. The lowest BCUT2D eigenvalue weighted by atomic mass is 10.0. The second-order valence-corrected chi connectivity index (χ2v) is 34.5. The molecule has 4 unspecified atom stereocenters. The van der Waals surface area contributed by atoms with Gasteiger partial charge >= 0.3 is 59.7 Å². The fraction of sp³-hybridized carbons (Fsp3) is 0.489. The summed E-state index contributed by atoms with van der Waals surface area (Å²) in [7, 11) is 0. The summed E-state index contributed by atoms with van der Waals surface area (Å²) in [5.74, 6) is -9.73. The number of carboxylic acid groups (broad SMARTS) is 10. The van der Waals surface area contributed by atoms with Gasteiger partial charge in [0.05, 0.1) is 149 Å². The highest BCUT2D eigenvalue weighted by atomic mass is 32.1. The number of Topliss-reactive ketones (excluding diaryl/α,β-unsaturated/α-hetero) is 2. The SMILES string of the molecule is CC(=O)CN1CCOCCN(CC(=O)O)CCN(CC(=O)O)CC1Cc1ccc(N)cc1.CC(=O)CN1CCOCCN(CC(=O)O)CCN(CC(=O)O)CC1Cc1ccc(N=C=S)cc1.Nc1ccc(CC2CN(CC(=O)O)CCN(CC(=O)O)Cc3cccc(n3)CN2CC(=O)O)cc1.O=C(O)CN1CCN(CC(=O)O)CC(Cc2ccc(N=C=S)cc2)N(CC(=O)O)Cc2cccc(n2)C1. The highest BCUT2D eigenvalue weighted by molar-refractivity contribution is 7.78. The molecule has 4 aliphatic rings. The van der Waals surface area contributed by atoms with Crippen molar-refractivity contribution in [2.75, 3.05) is 221 Å². The minimum absolute atomic E-state index is 0.0141. The van der Waals surface area contributed by atoms with E-state index in [4.69, 9.17) is 20.9 Å². The van der Waals surface area contributed by atoms with E-state index in [1.54, 1.807) is 87.7 Å². The fourth-order valence-electron chi connectivity index (χ4n) is 16.5.